The largest absolute Gasteiger partial charge is 0.339 e. The van der Waals surface area contributed by atoms with E-state index in [4.69, 9.17) is 11.6 Å². The third-order valence-corrected chi connectivity index (χ3v) is 4.68. The van der Waals surface area contributed by atoms with E-state index in [-0.39, 0.29) is 17.2 Å². The molecule has 0 spiro atoms. The molecule has 3 rings (SSSR count). The maximum absolute atomic E-state index is 12.7. The number of amides is 2. The van der Waals surface area contributed by atoms with Gasteiger partial charge in [-0.3, -0.25) is 14.4 Å². The van der Waals surface area contributed by atoms with Gasteiger partial charge in [0.2, 0.25) is 0 Å². The van der Waals surface area contributed by atoms with Crippen molar-refractivity contribution in [1.82, 2.24) is 9.47 Å². The number of nitrogens with zero attached hydrogens (tertiary/aromatic N) is 2. The fourth-order valence-corrected chi connectivity index (χ4v) is 3.12. The van der Waals surface area contributed by atoms with Crippen molar-refractivity contribution in [3.05, 3.63) is 63.0 Å². The van der Waals surface area contributed by atoms with E-state index in [1.165, 1.54) is 16.8 Å². The molecule has 0 radical (unpaired) electrons. The standard InChI is InChI=1S/C19H20ClN3O3/c1-22-12-14(18(25)23-9-3-2-4-10-23)11-16(19(22)26)21-17(24)13-5-7-15(20)8-6-13/h5-8,11-12H,2-4,9-10H2,1H3,(H,21,24). The van der Waals surface area contributed by atoms with Gasteiger partial charge in [-0.1, -0.05) is 11.6 Å². The Kier molecular flexibility index (Phi) is 5.42. The summed E-state index contributed by atoms with van der Waals surface area (Å²) in [7, 11) is 1.56. The zero-order chi connectivity index (χ0) is 18.7. The van der Waals surface area contributed by atoms with E-state index in [0.717, 1.165) is 19.3 Å². The number of nitrogens with one attached hydrogen (secondary N) is 1. The number of piperidine rings is 1. The zero-order valence-corrected chi connectivity index (χ0v) is 15.3. The molecule has 1 aromatic carbocycles. The molecule has 0 unspecified atom stereocenters. The molecule has 1 aliphatic rings. The van der Waals surface area contributed by atoms with Crippen LogP contribution in [0.5, 0.6) is 0 Å². The van der Waals surface area contributed by atoms with Gasteiger partial charge in [-0.05, 0) is 49.6 Å². The molecule has 1 aromatic heterocycles. The number of likely N-dealkylation sites (tertiary alicyclic amines) is 1. The van der Waals surface area contributed by atoms with Gasteiger partial charge in [0.15, 0.2) is 0 Å². The first-order chi connectivity index (χ1) is 12.5. The second-order valence-electron chi connectivity index (χ2n) is 6.37. The Bertz CT molecular complexity index is 884. The Morgan fingerprint density at radius 1 is 1.04 bits per heavy atom. The van der Waals surface area contributed by atoms with Gasteiger partial charge < -0.3 is 14.8 Å². The fraction of sp³-hybridized carbons (Fsp3) is 0.316. The first-order valence-corrected chi connectivity index (χ1v) is 8.90. The van der Waals surface area contributed by atoms with Crippen LogP contribution in [0.15, 0.2) is 41.3 Å². The summed E-state index contributed by atoms with van der Waals surface area (Å²) in [6.07, 6.45) is 4.60. The average Bonchev–Trinajstić information content (AvgIpc) is 2.65. The Hall–Kier alpha value is -2.60. The number of hydrogen-bond donors (Lipinski definition) is 1. The minimum absolute atomic E-state index is 0.0790. The second-order valence-corrected chi connectivity index (χ2v) is 6.81. The number of hydrogen-bond acceptors (Lipinski definition) is 3. The summed E-state index contributed by atoms with van der Waals surface area (Å²) in [6.45, 7) is 1.43. The SMILES string of the molecule is Cn1cc(C(=O)N2CCCCC2)cc(NC(=O)c2ccc(Cl)cc2)c1=O. The number of anilines is 1. The van der Waals surface area contributed by atoms with E-state index in [0.29, 0.717) is 29.2 Å². The van der Waals surface area contributed by atoms with E-state index >= 15 is 0 Å². The number of halogens is 1. The molecule has 2 aromatic rings. The van der Waals surface area contributed by atoms with E-state index in [2.05, 4.69) is 5.32 Å². The number of pyridine rings is 1. The molecule has 1 aliphatic heterocycles. The molecule has 2 amide bonds. The predicted molar refractivity (Wildman–Crippen MR) is 101 cm³/mol. The Labute approximate surface area is 156 Å². The van der Waals surface area contributed by atoms with Crippen LogP contribution >= 0.6 is 11.6 Å². The van der Waals surface area contributed by atoms with Gasteiger partial charge in [-0.15, -0.1) is 0 Å². The Balaban J connectivity index is 1.86. The fourth-order valence-electron chi connectivity index (χ4n) is 2.99. The molecule has 0 bridgehead atoms. The third kappa shape index (κ3) is 3.96. The lowest BCUT2D eigenvalue weighted by Gasteiger charge is -2.27. The lowest BCUT2D eigenvalue weighted by atomic mass is 10.1. The first-order valence-electron chi connectivity index (χ1n) is 8.52. The summed E-state index contributed by atoms with van der Waals surface area (Å²) in [5.74, 6) is -0.552. The van der Waals surface area contributed by atoms with Gasteiger partial charge >= 0.3 is 0 Å². The quantitative estimate of drug-likeness (QED) is 0.899. The van der Waals surface area contributed by atoms with Crippen LogP contribution < -0.4 is 10.9 Å². The number of aromatic nitrogens is 1. The topological polar surface area (TPSA) is 71.4 Å². The highest BCUT2D eigenvalue weighted by atomic mass is 35.5. The maximum Gasteiger partial charge on any atom is 0.274 e. The molecule has 0 atom stereocenters. The van der Waals surface area contributed by atoms with Crippen molar-refractivity contribution in [2.24, 2.45) is 7.05 Å². The number of carbonyl (C=O) groups is 2. The van der Waals surface area contributed by atoms with Gasteiger partial charge in [0.05, 0.1) is 5.56 Å². The molecule has 26 heavy (non-hydrogen) atoms. The highest BCUT2D eigenvalue weighted by molar-refractivity contribution is 6.30. The van der Waals surface area contributed by atoms with Crippen molar-refractivity contribution in [1.29, 1.82) is 0 Å². The summed E-state index contributed by atoms with van der Waals surface area (Å²) in [5.41, 5.74) is 0.474. The van der Waals surface area contributed by atoms with Crippen LogP contribution in [0.1, 0.15) is 40.0 Å². The molecule has 1 saturated heterocycles. The van der Waals surface area contributed by atoms with E-state index in [1.54, 1.807) is 36.2 Å². The van der Waals surface area contributed by atoms with Crippen molar-refractivity contribution in [2.75, 3.05) is 18.4 Å². The van der Waals surface area contributed by atoms with E-state index in [1.807, 2.05) is 0 Å². The second kappa shape index (κ2) is 7.74. The van der Waals surface area contributed by atoms with Crippen LogP contribution in [0.3, 0.4) is 0 Å². The lowest BCUT2D eigenvalue weighted by Crippen LogP contribution is -2.36. The highest BCUT2D eigenvalue weighted by Crippen LogP contribution is 2.15. The van der Waals surface area contributed by atoms with Crippen LogP contribution in [0.2, 0.25) is 5.02 Å². The molecule has 7 heteroatoms. The smallest absolute Gasteiger partial charge is 0.274 e. The summed E-state index contributed by atoms with van der Waals surface area (Å²) >= 11 is 5.82. The molecular formula is C19H20ClN3O3. The molecule has 6 nitrogen and oxygen atoms in total. The average molecular weight is 374 g/mol. The Morgan fingerprint density at radius 2 is 1.69 bits per heavy atom. The highest BCUT2D eigenvalue weighted by Gasteiger charge is 2.20. The van der Waals surface area contributed by atoms with Gasteiger partial charge in [0.25, 0.3) is 17.4 Å². The van der Waals surface area contributed by atoms with Crippen LogP contribution in [0.4, 0.5) is 5.69 Å². The Morgan fingerprint density at radius 3 is 2.35 bits per heavy atom. The van der Waals surface area contributed by atoms with Gasteiger partial charge in [0, 0.05) is 36.9 Å². The van der Waals surface area contributed by atoms with Crippen molar-refractivity contribution in [3.8, 4) is 0 Å². The summed E-state index contributed by atoms with van der Waals surface area (Å²) in [6, 6.07) is 7.80. The lowest BCUT2D eigenvalue weighted by molar-refractivity contribution is 0.0723. The van der Waals surface area contributed by atoms with Crippen LogP contribution in [0.25, 0.3) is 0 Å². The molecule has 136 valence electrons. The molecule has 0 saturated carbocycles. The van der Waals surface area contributed by atoms with Crippen molar-refractivity contribution in [2.45, 2.75) is 19.3 Å². The van der Waals surface area contributed by atoms with Crippen LogP contribution in [-0.2, 0) is 7.05 Å². The van der Waals surface area contributed by atoms with Crippen molar-refractivity contribution >= 4 is 29.1 Å². The van der Waals surface area contributed by atoms with E-state index in [9.17, 15) is 14.4 Å². The van der Waals surface area contributed by atoms with Crippen molar-refractivity contribution in [3.63, 3.8) is 0 Å². The van der Waals surface area contributed by atoms with Crippen LogP contribution in [0, 0.1) is 0 Å². The summed E-state index contributed by atoms with van der Waals surface area (Å²) < 4.78 is 1.31. The van der Waals surface area contributed by atoms with Crippen LogP contribution in [-0.4, -0.2) is 34.4 Å². The van der Waals surface area contributed by atoms with Gasteiger partial charge in [-0.25, -0.2) is 0 Å². The predicted octanol–water partition coefficient (Wildman–Crippen LogP) is 2.92. The van der Waals surface area contributed by atoms with Crippen molar-refractivity contribution < 1.29 is 9.59 Å². The number of carbonyl (C=O) groups excluding carboxylic acids is 2. The molecule has 1 fully saturated rings. The maximum atomic E-state index is 12.7. The first kappa shape index (κ1) is 18.2. The normalized spacial score (nSPS) is 14.2. The minimum Gasteiger partial charge on any atom is -0.339 e. The van der Waals surface area contributed by atoms with Gasteiger partial charge in [0.1, 0.15) is 5.69 Å². The summed E-state index contributed by atoms with van der Waals surface area (Å²) in [4.78, 5) is 39.2. The van der Waals surface area contributed by atoms with E-state index < -0.39 is 5.91 Å². The minimum atomic E-state index is -0.429. The third-order valence-electron chi connectivity index (χ3n) is 4.43. The molecule has 1 N–H and O–H groups in total. The molecule has 2 heterocycles. The number of rotatable bonds is 3. The summed E-state index contributed by atoms with van der Waals surface area (Å²) in [5, 5.41) is 3.12. The molecular weight excluding hydrogens is 354 g/mol. The number of benzene rings is 1. The zero-order valence-electron chi connectivity index (χ0n) is 14.5. The van der Waals surface area contributed by atoms with Gasteiger partial charge in [-0.2, -0.15) is 0 Å². The molecule has 0 aliphatic carbocycles. The monoisotopic (exact) mass is 373 g/mol. The number of aryl methyl sites for hydroxylation is 1.